The van der Waals surface area contributed by atoms with Gasteiger partial charge in [-0.1, -0.05) is 71.8 Å². The van der Waals surface area contributed by atoms with E-state index in [0.717, 1.165) is 48.8 Å². The van der Waals surface area contributed by atoms with E-state index in [1.165, 1.54) is 5.56 Å². The van der Waals surface area contributed by atoms with Crippen molar-refractivity contribution in [1.29, 1.82) is 0 Å². The topological polar surface area (TPSA) is 24.9 Å². The number of piperazine rings is 1. The number of halogens is 2. The maximum absolute atomic E-state index is 6.28. The minimum Gasteiger partial charge on any atom is -0.490 e. The lowest BCUT2D eigenvalue weighted by molar-refractivity contribution is 0.177. The Balaban J connectivity index is 1.38. The molecule has 0 aromatic heterocycles. The molecule has 0 unspecified atom stereocenters. The summed E-state index contributed by atoms with van der Waals surface area (Å²) in [5.41, 5.74) is 3.17. The third-order valence-corrected chi connectivity index (χ3v) is 6.88. The number of hydrogen-bond donors (Lipinski definition) is 0. The summed E-state index contributed by atoms with van der Waals surface area (Å²) in [6.07, 6.45) is 0. The Morgan fingerprint density at radius 2 is 1.65 bits per heavy atom. The highest BCUT2D eigenvalue weighted by molar-refractivity contribution is 7.80. The van der Waals surface area contributed by atoms with Gasteiger partial charge in [-0.05, 0) is 42.8 Å². The highest BCUT2D eigenvalue weighted by atomic mass is 35.5. The van der Waals surface area contributed by atoms with E-state index in [1.807, 2.05) is 31.2 Å². The first kappa shape index (κ1) is 24.8. The molecule has 0 saturated carbocycles. The number of hydrogen-bond acceptors (Lipinski definition) is 4. The molecule has 4 rings (SSSR count). The zero-order valence-corrected chi connectivity index (χ0v) is 21.5. The van der Waals surface area contributed by atoms with Crippen molar-refractivity contribution in [1.82, 2.24) is 9.80 Å². The van der Waals surface area contributed by atoms with E-state index in [9.17, 15) is 0 Å². The van der Waals surface area contributed by atoms with E-state index >= 15 is 0 Å². The van der Waals surface area contributed by atoms with Crippen molar-refractivity contribution >= 4 is 40.4 Å². The van der Waals surface area contributed by atoms with Crippen LogP contribution in [0.25, 0.3) is 0 Å². The van der Waals surface area contributed by atoms with Crippen LogP contribution in [0.1, 0.15) is 23.6 Å². The smallest absolute Gasteiger partial charge is 0.161 e. The van der Waals surface area contributed by atoms with E-state index in [0.29, 0.717) is 34.8 Å². The summed E-state index contributed by atoms with van der Waals surface area (Å²) in [6, 6.07) is 21.9. The lowest BCUT2D eigenvalue weighted by Crippen LogP contribution is -2.48. The Bertz CT molecular complexity index is 1120. The molecule has 0 aliphatic carbocycles. The van der Waals surface area contributed by atoms with E-state index in [1.54, 1.807) is 12.1 Å². The first-order chi connectivity index (χ1) is 16.5. The maximum atomic E-state index is 6.28. The molecule has 1 heterocycles. The molecular formula is C27H28Cl2N2O2S. The van der Waals surface area contributed by atoms with Gasteiger partial charge in [0.2, 0.25) is 0 Å². The Morgan fingerprint density at radius 1 is 0.882 bits per heavy atom. The number of thiocarbonyl (C=S) groups is 1. The van der Waals surface area contributed by atoms with Crippen molar-refractivity contribution < 1.29 is 9.47 Å². The van der Waals surface area contributed by atoms with Gasteiger partial charge in [0.1, 0.15) is 11.6 Å². The SMILES string of the molecule is CCOc1cc(C(=S)N2CCN(Cc3ccccc3)CC2)ccc1OCc1ccc(Cl)cc1Cl. The fraction of sp³-hybridized carbons (Fsp3) is 0.296. The van der Waals surface area contributed by atoms with Gasteiger partial charge in [0.05, 0.1) is 6.61 Å². The fourth-order valence-corrected chi connectivity index (χ4v) is 4.73. The fourth-order valence-electron chi connectivity index (χ4n) is 3.96. The third-order valence-electron chi connectivity index (χ3n) is 5.80. The highest BCUT2D eigenvalue weighted by Crippen LogP contribution is 2.31. The molecule has 0 atom stereocenters. The summed E-state index contributed by atoms with van der Waals surface area (Å²) in [6.45, 7) is 7.56. The van der Waals surface area contributed by atoms with Crippen molar-refractivity contribution in [3.05, 3.63) is 93.5 Å². The Labute approximate surface area is 217 Å². The van der Waals surface area contributed by atoms with Crippen LogP contribution in [0.2, 0.25) is 10.0 Å². The predicted octanol–water partition coefficient (Wildman–Crippen LogP) is 6.46. The predicted molar refractivity (Wildman–Crippen MR) is 143 cm³/mol. The van der Waals surface area contributed by atoms with Crippen LogP contribution in [-0.2, 0) is 13.2 Å². The van der Waals surface area contributed by atoms with E-state index in [-0.39, 0.29) is 0 Å². The van der Waals surface area contributed by atoms with Crippen LogP contribution < -0.4 is 9.47 Å². The minimum absolute atomic E-state index is 0.323. The van der Waals surface area contributed by atoms with Crippen LogP contribution in [-0.4, -0.2) is 47.6 Å². The summed E-state index contributed by atoms with van der Waals surface area (Å²) in [5, 5.41) is 1.18. The number of rotatable bonds is 8. The van der Waals surface area contributed by atoms with Gasteiger partial charge in [0.25, 0.3) is 0 Å². The highest BCUT2D eigenvalue weighted by Gasteiger charge is 2.21. The standard InChI is InChI=1S/C27H28Cl2N2O2S/c1-2-32-26-16-21(9-11-25(26)33-19-22-8-10-23(28)17-24(22)29)27(34)31-14-12-30(13-15-31)18-20-6-4-3-5-7-20/h3-11,16-17H,2,12-15,18-19H2,1H3. The quantitative estimate of drug-likeness (QED) is 0.321. The number of benzene rings is 3. The Morgan fingerprint density at radius 3 is 2.35 bits per heavy atom. The summed E-state index contributed by atoms with van der Waals surface area (Å²) in [4.78, 5) is 5.59. The Kier molecular flexibility index (Phi) is 8.68. The van der Waals surface area contributed by atoms with E-state index in [4.69, 9.17) is 44.9 Å². The van der Waals surface area contributed by atoms with Gasteiger partial charge in [-0.3, -0.25) is 4.90 Å². The van der Waals surface area contributed by atoms with Gasteiger partial charge >= 0.3 is 0 Å². The van der Waals surface area contributed by atoms with Crippen LogP contribution in [0.5, 0.6) is 11.5 Å². The first-order valence-corrected chi connectivity index (χ1v) is 12.6. The molecule has 0 amide bonds. The molecule has 1 saturated heterocycles. The molecule has 1 fully saturated rings. The van der Waals surface area contributed by atoms with Crippen LogP contribution >= 0.6 is 35.4 Å². The van der Waals surface area contributed by atoms with Crippen LogP contribution in [0, 0.1) is 0 Å². The largest absolute Gasteiger partial charge is 0.490 e. The van der Waals surface area contributed by atoms with Crippen molar-refractivity contribution in [2.75, 3.05) is 32.8 Å². The normalized spacial score (nSPS) is 14.1. The molecule has 0 spiro atoms. The monoisotopic (exact) mass is 514 g/mol. The summed E-state index contributed by atoms with van der Waals surface area (Å²) in [5.74, 6) is 1.34. The molecule has 7 heteroatoms. The third kappa shape index (κ3) is 6.42. The van der Waals surface area contributed by atoms with Gasteiger partial charge in [-0.25, -0.2) is 0 Å². The molecule has 4 nitrogen and oxygen atoms in total. The number of nitrogens with zero attached hydrogens (tertiary/aromatic N) is 2. The first-order valence-electron chi connectivity index (χ1n) is 11.4. The zero-order chi connectivity index (χ0) is 23.9. The summed E-state index contributed by atoms with van der Waals surface area (Å²) < 4.78 is 11.9. The average molecular weight is 516 g/mol. The molecule has 3 aromatic rings. The molecule has 178 valence electrons. The summed E-state index contributed by atoms with van der Waals surface area (Å²) >= 11 is 18.1. The molecule has 0 bridgehead atoms. The maximum Gasteiger partial charge on any atom is 0.161 e. The molecule has 3 aromatic carbocycles. The van der Waals surface area contributed by atoms with Crippen LogP contribution in [0.3, 0.4) is 0 Å². The lowest BCUT2D eigenvalue weighted by Gasteiger charge is -2.36. The van der Waals surface area contributed by atoms with Gasteiger partial charge in [0.15, 0.2) is 11.5 Å². The van der Waals surface area contributed by atoms with Crippen molar-refractivity contribution in [2.45, 2.75) is 20.1 Å². The van der Waals surface area contributed by atoms with Crippen LogP contribution in [0.4, 0.5) is 0 Å². The van der Waals surface area contributed by atoms with Gasteiger partial charge in [-0.15, -0.1) is 0 Å². The van der Waals surface area contributed by atoms with Gasteiger partial charge in [0, 0.05) is 53.9 Å². The summed E-state index contributed by atoms with van der Waals surface area (Å²) in [7, 11) is 0. The molecule has 1 aliphatic rings. The van der Waals surface area contributed by atoms with Crippen molar-refractivity contribution in [3.8, 4) is 11.5 Å². The average Bonchev–Trinajstić information content (AvgIpc) is 2.85. The van der Waals surface area contributed by atoms with Crippen molar-refractivity contribution in [3.63, 3.8) is 0 Å². The van der Waals surface area contributed by atoms with Gasteiger partial charge in [-0.2, -0.15) is 0 Å². The minimum atomic E-state index is 0.323. The van der Waals surface area contributed by atoms with E-state index in [2.05, 4.69) is 40.1 Å². The molecule has 0 radical (unpaired) electrons. The molecule has 1 aliphatic heterocycles. The van der Waals surface area contributed by atoms with Crippen molar-refractivity contribution in [2.24, 2.45) is 0 Å². The second kappa shape index (κ2) is 11.9. The van der Waals surface area contributed by atoms with E-state index < -0.39 is 0 Å². The lowest BCUT2D eigenvalue weighted by atomic mass is 10.1. The molecule has 0 N–H and O–H groups in total. The van der Waals surface area contributed by atoms with Gasteiger partial charge < -0.3 is 14.4 Å². The molecular weight excluding hydrogens is 487 g/mol. The Hall–Kier alpha value is -2.31. The molecule has 34 heavy (non-hydrogen) atoms. The van der Waals surface area contributed by atoms with Crippen LogP contribution in [0.15, 0.2) is 66.7 Å². The second-order valence-electron chi connectivity index (χ2n) is 8.17. The zero-order valence-electron chi connectivity index (χ0n) is 19.2. The second-order valence-corrected chi connectivity index (χ2v) is 9.40. The number of ether oxygens (including phenoxy) is 2.